The minimum absolute atomic E-state index is 0.0814. The lowest BCUT2D eigenvalue weighted by Crippen LogP contribution is -2.11. The average molecular weight is 349 g/mol. The standard InChI is InChI=1S/C15H15N3O3S2/c1-9-5-6-16-15(17-9)22-14-8-11-10(3-4-13(11)19)7-12(14)18-23(2,20)21/h5-8,18H,3-4H2,1-2H3. The Morgan fingerprint density at radius 3 is 2.74 bits per heavy atom. The summed E-state index contributed by atoms with van der Waals surface area (Å²) in [6.07, 6.45) is 3.84. The molecule has 1 N–H and O–H groups in total. The van der Waals surface area contributed by atoms with Gasteiger partial charge in [0.2, 0.25) is 10.0 Å². The van der Waals surface area contributed by atoms with Gasteiger partial charge in [0, 0.05) is 28.8 Å². The number of aromatic nitrogens is 2. The molecule has 1 aromatic carbocycles. The van der Waals surface area contributed by atoms with Crippen LogP contribution in [0.5, 0.6) is 0 Å². The molecule has 2 aromatic rings. The first-order chi connectivity index (χ1) is 10.8. The van der Waals surface area contributed by atoms with Gasteiger partial charge in [0.05, 0.1) is 11.9 Å². The van der Waals surface area contributed by atoms with E-state index < -0.39 is 10.0 Å². The molecular formula is C15H15N3O3S2. The lowest BCUT2D eigenvalue weighted by Gasteiger charge is -2.12. The van der Waals surface area contributed by atoms with Gasteiger partial charge in [-0.05, 0) is 48.9 Å². The normalized spacial score (nSPS) is 13.9. The molecule has 6 nitrogen and oxygen atoms in total. The summed E-state index contributed by atoms with van der Waals surface area (Å²) in [6.45, 7) is 1.85. The van der Waals surface area contributed by atoms with Crippen LogP contribution >= 0.6 is 11.8 Å². The maximum Gasteiger partial charge on any atom is 0.229 e. The van der Waals surface area contributed by atoms with E-state index in [4.69, 9.17) is 0 Å². The highest BCUT2D eigenvalue weighted by Crippen LogP contribution is 2.37. The van der Waals surface area contributed by atoms with E-state index >= 15 is 0 Å². The minimum atomic E-state index is -3.42. The Kier molecular flexibility index (Phi) is 4.11. The molecule has 1 heterocycles. The van der Waals surface area contributed by atoms with Crippen molar-refractivity contribution in [2.45, 2.75) is 29.8 Å². The van der Waals surface area contributed by atoms with E-state index in [1.807, 2.05) is 6.92 Å². The Labute approximate surface area is 138 Å². The van der Waals surface area contributed by atoms with Gasteiger partial charge in [-0.25, -0.2) is 18.4 Å². The number of carbonyl (C=O) groups excluding carboxylic acids is 1. The number of Topliss-reactive ketones (excluding diaryl/α,β-unsaturated/α-hetero) is 1. The zero-order valence-corrected chi connectivity index (χ0v) is 14.3. The number of benzene rings is 1. The van der Waals surface area contributed by atoms with Crippen molar-refractivity contribution in [3.8, 4) is 0 Å². The Morgan fingerprint density at radius 2 is 2.04 bits per heavy atom. The Morgan fingerprint density at radius 1 is 1.26 bits per heavy atom. The fourth-order valence-electron chi connectivity index (χ4n) is 2.41. The smallest absolute Gasteiger partial charge is 0.229 e. The quantitative estimate of drug-likeness (QED) is 0.853. The number of anilines is 1. The molecule has 0 spiro atoms. The van der Waals surface area contributed by atoms with Crippen LogP contribution in [-0.4, -0.2) is 30.4 Å². The predicted octanol–water partition coefficient (Wildman–Crippen LogP) is 2.44. The number of rotatable bonds is 4. The zero-order valence-electron chi connectivity index (χ0n) is 12.7. The molecule has 0 unspecified atom stereocenters. The van der Waals surface area contributed by atoms with Crippen LogP contribution in [0.4, 0.5) is 5.69 Å². The van der Waals surface area contributed by atoms with Gasteiger partial charge >= 0.3 is 0 Å². The van der Waals surface area contributed by atoms with E-state index in [0.29, 0.717) is 34.1 Å². The Balaban J connectivity index is 2.05. The molecule has 1 aromatic heterocycles. The summed E-state index contributed by atoms with van der Waals surface area (Å²) >= 11 is 1.24. The van der Waals surface area contributed by atoms with E-state index in [1.165, 1.54) is 11.8 Å². The van der Waals surface area contributed by atoms with E-state index in [1.54, 1.807) is 24.4 Å². The summed E-state index contributed by atoms with van der Waals surface area (Å²) in [5.74, 6) is 0.0814. The molecule has 1 aliphatic rings. The number of nitrogens with zero attached hydrogens (tertiary/aromatic N) is 2. The van der Waals surface area contributed by atoms with Crippen LogP contribution in [-0.2, 0) is 16.4 Å². The number of aryl methyl sites for hydroxylation is 2. The molecule has 0 bridgehead atoms. The highest BCUT2D eigenvalue weighted by Gasteiger charge is 2.23. The van der Waals surface area contributed by atoms with Crippen LogP contribution in [0.25, 0.3) is 0 Å². The number of ketones is 1. The summed E-state index contributed by atoms with van der Waals surface area (Å²) in [6, 6.07) is 5.25. The number of fused-ring (bicyclic) bond motifs is 1. The highest BCUT2D eigenvalue weighted by molar-refractivity contribution is 7.99. The number of hydrogen-bond acceptors (Lipinski definition) is 6. The van der Waals surface area contributed by atoms with Gasteiger partial charge in [0.25, 0.3) is 0 Å². The van der Waals surface area contributed by atoms with E-state index in [2.05, 4.69) is 14.7 Å². The second-order valence-corrected chi connectivity index (χ2v) is 8.14. The summed E-state index contributed by atoms with van der Waals surface area (Å²) < 4.78 is 25.7. The molecule has 23 heavy (non-hydrogen) atoms. The molecule has 8 heteroatoms. The molecule has 0 aliphatic heterocycles. The largest absolute Gasteiger partial charge is 0.294 e. The highest BCUT2D eigenvalue weighted by atomic mass is 32.2. The molecule has 0 saturated carbocycles. The maximum absolute atomic E-state index is 11.9. The molecule has 0 fully saturated rings. The predicted molar refractivity (Wildman–Crippen MR) is 88.5 cm³/mol. The van der Waals surface area contributed by atoms with Crippen LogP contribution in [0, 0.1) is 6.92 Å². The number of sulfonamides is 1. The first kappa shape index (κ1) is 15.9. The summed E-state index contributed by atoms with van der Waals surface area (Å²) in [7, 11) is -3.42. The average Bonchev–Trinajstić information content (AvgIpc) is 2.79. The van der Waals surface area contributed by atoms with Crippen LogP contribution in [0.2, 0.25) is 0 Å². The minimum Gasteiger partial charge on any atom is -0.294 e. The van der Waals surface area contributed by atoms with Crippen molar-refractivity contribution in [2.24, 2.45) is 0 Å². The molecule has 3 rings (SSSR count). The van der Waals surface area contributed by atoms with Gasteiger partial charge in [-0.15, -0.1) is 0 Å². The van der Waals surface area contributed by atoms with Crippen LogP contribution in [0.1, 0.15) is 28.0 Å². The third kappa shape index (κ3) is 3.70. The third-order valence-corrected chi connectivity index (χ3v) is 4.92. The van der Waals surface area contributed by atoms with Crippen LogP contribution < -0.4 is 4.72 Å². The van der Waals surface area contributed by atoms with Crippen molar-refractivity contribution in [2.75, 3.05) is 11.0 Å². The van der Waals surface area contributed by atoms with Crippen molar-refractivity contribution in [3.05, 3.63) is 41.2 Å². The van der Waals surface area contributed by atoms with Gasteiger partial charge in [-0.2, -0.15) is 0 Å². The number of carbonyl (C=O) groups is 1. The van der Waals surface area contributed by atoms with Gasteiger partial charge in [0.15, 0.2) is 10.9 Å². The van der Waals surface area contributed by atoms with Gasteiger partial charge in [0.1, 0.15) is 0 Å². The summed E-state index contributed by atoms with van der Waals surface area (Å²) in [4.78, 5) is 21.0. The Bertz CT molecular complexity index is 895. The SMILES string of the molecule is Cc1ccnc(Sc2cc3c(cc2NS(C)(=O)=O)CCC3=O)n1. The second-order valence-electron chi connectivity index (χ2n) is 5.39. The zero-order chi connectivity index (χ0) is 16.6. The van der Waals surface area contributed by atoms with E-state index in [0.717, 1.165) is 17.5 Å². The molecule has 0 saturated heterocycles. The summed E-state index contributed by atoms with van der Waals surface area (Å²) in [5.41, 5.74) is 2.79. The topological polar surface area (TPSA) is 89.0 Å². The Hall–Kier alpha value is -1.93. The van der Waals surface area contributed by atoms with Gasteiger partial charge in [-0.1, -0.05) is 0 Å². The van der Waals surface area contributed by atoms with Gasteiger partial charge in [-0.3, -0.25) is 9.52 Å². The molecule has 0 atom stereocenters. The molecule has 0 amide bonds. The second kappa shape index (κ2) is 5.93. The summed E-state index contributed by atoms with van der Waals surface area (Å²) in [5, 5.41) is 0.506. The first-order valence-electron chi connectivity index (χ1n) is 6.97. The lowest BCUT2D eigenvalue weighted by atomic mass is 10.1. The van der Waals surface area contributed by atoms with E-state index in [-0.39, 0.29) is 5.78 Å². The van der Waals surface area contributed by atoms with Crippen molar-refractivity contribution in [1.82, 2.24) is 9.97 Å². The monoisotopic (exact) mass is 349 g/mol. The number of hydrogen-bond donors (Lipinski definition) is 1. The fourth-order valence-corrected chi connectivity index (χ4v) is 3.94. The lowest BCUT2D eigenvalue weighted by molar-refractivity contribution is 0.0994. The van der Waals surface area contributed by atoms with Crippen molar-refractivity contribution in [3.63, 3.8) is 0 Å². The molecular weight excluding hydrogens is 334 g/mol. The molecule has 120 valence electrons. The van der Waals surface area contributed by atoms with E-state index in [9.17, 15) is 13.2 Å². The molecule has 1 aliphatic carbocycles. The first-order valence-corrected chi connectivity index (χ1v) is 9.68. The number of nitrogens with one attached hydrogen (secondary N) is 1. The maximum atomic E-state index is 11.9. The van der Waals surface area contributed by atoms with Gasteiger partial charge < -0.3 is 0 Å². The molecule has 0 radical (unpaired) electrons. The third-order valence-electron chi connectivity index (χ3n) is 3.40. The van der Waals surface area contributed by atoms with Crippen molar-refractivity contribution < 1.29 is 13.2 Å². The van der Waals surface area contributed by atoms with Crippen molar-refractivity contribution in [1.29, 1.82) is 0 Å². The van der Waals surface area contributed by atoms with Crippen LogP contribution in [0.15, 0.2) is 34.4 Å². The fraction of sp³-hybridized carbons (Fsp3) is 0.267. The van der Waals surface area contributed by atoms with Crippen molar-refractivity contribution >= 4 is 33.3 Å². The van der Waals surface area contributed by atoms with Crippen LogP contribution in [0.3, 0.4) is 0 Å².